The largest absolute Gasteiger partial charge is 0.379 e. The zero-order valence-electron chi connectivity index (χ0n) is 11.3. The van der Waals surface area contributed by atoms with Gasteiger partial charge in [0.1, 0.15) is 6.07 Å². The van der Waals surface area contributed by atoms with Crippen LogP contribution in [-0.2, 0) is 13.6 Å². The maximum atomic E-state index is 9.27. The van der Waals surface area contributed by atoms with Crippen molar-refractivity contribution in [2.45, 2.75) is 6.54 Å². The van der Waals surface area contributed by atoms with Crippen LogP contribution < -0.4 is 5.32 Å². The zero-order chi connectivity index (χ0) is 14.8. The topological polar surface area (TPSA) is 66.5 Å². The normalized spacial score (nSPS) is 10.5. The number of nitrogens with zero attached hydrogens (tertiary/aromatic N) is 4. The number of nitrogens with one attached hydrogen (secondary N) is 1. The second-order valence-electron chi connectivity index (χ2n) is 4.70. The standard InChI is InChI=1S/C15H12ClN5/c1-21-9-10(7-20-21)6-19-15-11(5-17)8-18-14-3-2-12(16)4-13(14)15/h2-4,7-9H,6H2,1H3,(H,18,19). The summed E-state index contributed by atoms with van der Waals surface area (Å²) in [4.78, 5) is 4.28. The molecule has 0 saturated carbocycles. The molecule has 0 aliphatic carbocycles. The van der Waals surface area contributed by atoms with Crippen LogP contribution in [-0.4, -0.2) is 14.8 Å². The van der Waals surface area contributed by atoms with E-state index in [0.717, 1.165) is 22.2 Å². The second-order valence-corrected chi connectivity index (χ2v) is 5.13. The number of hydrogen-bond acceptors (Lipinski definition) is 4. The minimum absolute atomic E-state index is 0.494. The highest BCUT2D eigenvalue weighted by molar-refractivity contribution is 6.31. The number of rotatable bonds is 3. The summed E-state index contributed by atoms with van der Waals surface area (Å²) in [5, 5.41) is 18.1. The third kappa shape index (κ3) is 2.67. The molecule has 21 heavy (non-hydrogen) atoms. The predicted octanol–water partition coefficient (Wildman–Crippen LogP) is 3.11. The molecule has 3 rings (SSSR count). The minimum Gasteiger partial charge on any atom is -0.379 e. The summed E-state index contributed by atoms with van der Waals surface area (Å²) in [6.07, 6.45) is 5.28. The molecule has 0 radical (unpaired) electrons. The Balaban J connectivity index is 2.02. The van der Waals surface area contributed by atoms with Crippen molar-refractivity contribution in [1.82, 2.24) is 14.8 Å². The molecule has 0 aliphatic heterocycles. The minimum atomic E-state index is 0.494. The van der Waals surface area contributed by atoms with Gasteiger partial charge in [0.25, 0.3) is 0 Å². The molecule has 3 aromatic rings. The lowest BCUT2D eigenvalue weighted by Gasteiger charge is -2.10. The fourth-order valence-electron chi connectivity index (χ4n) is 2.19. The molecule has 2 aromatic heterocycles. The molecular weight excluding hydrogens is 286 g/mol. The van der Waals surface area contributed by atoms with Crippen LogP contribution in [0.5, 0.6) is 0 Å². The number of halogens is 1. The highest BCUT2D eigenvalue weighted by Gasteiger charge is 2.09. The Bertz CT molecular complexity index is 847. The van der Waals surface area contributed by atoms with E-state index in [0.29, 0.717) is 17.1 Å². The van der Waals surface area contributed by atoms with Crippen LogP contribution in [0.1, 0.15) is 11.1 Å². The number of benzene rings is 1. The summed E-state index contributed by atoms with van der Waals surface area (Å²) in [6.45, 7) is 0.578. The smallest absolute Gasteiger partial charge is 0.103 e. The van der Waals surface area contributed by atoms with Crippen molar-refractivity contribution in [3.05, 3.63) is 52.9 Å². The molecule has 1 aromatic carbocycles. The van der Waals surface area contributed by atoms with Crippen molar-refractivity contribution in [2.75, 3.05) is 5.32 Å². The molecule has 5 nitrogen and oxygen atoms in total. The summed E-state index contributed by atoms with van der Waals surface area (Å²) in [5.41, 5.74) is 3.07. The van der Waals surface area contributed by atoms with Crippen molar-refractivity contribution in [3.63, 3.8) is 0 Å². The lowest BCUT2D eigenvalue weighted by Crippen LogP contribution is -2.02. The number of fused-ring (bicyclic) bond motifs is 1. The second kappa shape index (κ2) is 5.43. The van der Waals surface area contributed by atoms with E-state index in [1.54, 1.807) is 23.1 Å². The maximum Gasteiger partial charge on any atom is 0.103 e. The summed E-state index contributed by atoms with van der Waals surface area (Å²) in [7, 11) is 1.87. The van der Waals surface area contributed by atoms with Crippen molar-refractivity contribution >= 4 is 28.2 Å². The van der Waals surface area contributed by atoms with Crippen LogP contribution in [0, 0.1) is 11.3 Å². The molecule has 104 valence electrons. The lowest BCUT2D eigenvalue weighted by molar-refractivity contribution is 0.767. The summed E-state index contributed by atoms with van der Waals surface area (Å²) in [5.74, 6) is 0. The Morgan fingerprint density at radius 2 is 2.24 bits per heavy atom. The molecule has 0 amide bonds. The third-order valence-corrected chi connectivity index (χ3v) is 3.41. The number of aryl methyl sites for hydroxylation is 1. The molecular formula is C15H12ClN5. The van der Waals surface area contributed by atoms with E-state index in [1.807, 2.05) is 25.4 Å². The van der Waals surface area contributed by atoms with Crippen LogP contribution in [0.15, 0.2) is 36.8 Å². The molecule has 6 heteroatoms. The summed E-state index contributed by atoms with van der Waals surface area (Å²) >= 11 is 6.05. The van der Waals surface area contributed by atoms with Crippen LogP contribution in [0.3, 0.4) is 0 Å². The van der Waals surface area contributed by atoms with Gasteiger partial charge in [-0.05, 0) is 18.2 Å². The number of nitriles is 1. The van der Waals surface area contributed by atoms with Crippen LogP contribution >= 0.6 is 11.6 Å². The molecule has 0 saturated heterocycles. The van der Waals surface area contributed by atoms with Crippen molar-refractivity contribution in [2.24, 2.45) is 7.05 Å². The van der Waals surface area contributed by atoms with E-state index in [4.69, 9.17) is 11.6 Å². The quantitative estimate of drug-likeness (QED) is 0.806. The molecule has 0 aliphatic rings. The Hall–Kier alpha value is -2.58. The van der Waals surface area contributed by atoms with Gasteiger partial charge >= 0.3 is 0 Å². The number of aromatic nitrogens is 3. The summed E-state index contributed by atoms with van der Waals surface area (Å²) < 4.78 is 1.74. The SMILES string of the molecule is Cn1cc(CNc2c(C#N)cnc3ccc(Cl)cc23)cn1. The van der Waals surface area contributed by atoms with E-state index in [2.05, 4.69) is 21.5 Å². The van der Waals surface area contributed by atoms with Crippen LogP contribution in [0.2, 0.25) is 5.02 Å². The Kier molecular flexibility index (Phi) is 3.46. The molecule has 0 bridgehead atoms. The molecule has 0 unspecified atom stereocenters. The average molecular weight is 298 g/mol. The van der Waals surface area contributed by atoms with Gasteiger partial charge in [0.05, 0.1) is 23.0 Å². The van der Waals surface area contributed by atoms with E-state index in [1.165, 1.54) is 0 Å². The van der Waals surface area contributed by atoms with Crippen molar-refractivity contribution < 1.29 is 0 Å². The number of pyridine rings is 1. The van der Waals surface area contributed by atoms with Gasteiger partial charge < -0.3 is 5.32 Å². The van der Waals surface area contributed by atoms with Crippen LogP contribution in [0.25, 0.3) is 10.9 Å². The van der Waals surface area contributed by atoms with Gasteiger partial charge in [-0.3, -0.25) is 9.67 Å². The first-order valence-electron chi connectivity index (χ1n) is 6.37. The van der Waals surface area contributed by atoms with E-state index in [-0.39, 0.29) is 0 Å². The van der Waals surface area contributed by atoms with Gasteiger partial charge in [-0.2, -0.15) is 10.4 Å². The molecule has 0 fully saturated rings. The average Bonchev–Trinajstić information content (AvgIpc) is 2.90. The Labute approximate surface area is 126 Å². The first-order chi connectivity index (χ1) is 10.2. The van der Waals surface area contributed by atoms with Crippen molar-refractivity contribution in [3.8, 4) is 6.07 Å². The van der Waals surface area contributed by atoms with Gasteiger partial charge in [0.2, 0.25) is 0 Å². The fraction of sp³-hybridized carbons (Fsp3) is 0.133. The van der Waals surface area contributed by atoms with Gasteiger partial charge in [-0.15, -0.1) is 0 Å². The molecule has 0 atom stereocenters. The first kappa shape index (κ1) is 13.4. The highest BCUT2D eigenvalue weighted by Crippen LogP contribution is 2.28. The Morgan fingerprint density at radius 3 is 2.95 bits per heavy atom. The van der Waals surface area contributed by atoms with E-state index < -0.39 is 0 Å². The Morgan fingerprint density at radius 1 is 1.38 bits per heavy atom. The third-order valence-electron chi connectivity index (χ3n) is 3.18. The lowest BCUT2D eigenvalue weighted by atomic mass is 10.1. The van der Waals surface area contributed by atoms with Crippen LogP contribution in [0.4, 0.5) is 5.69 Å². The fourth-order valence-corrected chi connectivity index (χ4v) is 2.37. The highest BCUT2D eigenvalue weighted by atomic mass is 35.5. The monoisotopic (exact) mass is 297 g/mol. The van der Waals surface area contributed by atoms with Gasteiger partial charge in [0.15, 0.2) is 0 Å². The van der Waals surface area contributed by atoms with Gasteiger partial charge in [-0.1, -0.05) is 11.6 Å². The van der Waals surface area contributed by atoms with Crippen molar-refractivity contribution in [1.29, 1.82) is 5.26 Å². The molecule has 1 N–H and O–H groups in total. The van der Waals surface area contributed by atoms with E-state index in [9.17, 15) is 5.26 Å². The number of anilines is 1. The van der Waals surface area contributed by atoms with E-state index >= 15 is 0 Å². The van der Waals surface area contributed by atoms with Gasteiger partial charge in [-0.25, -0.2) is 0 Å². The maximum absolute atomic E-state index is 9.27. The molecule has 2 heterocycles. The summed E-state index contributed by atoms with van der Waals surface area (Å²) in [6, 6.07) is 7.60. The molecule has 0 spiro atoms. The predicted molar refractivity (Wildman–Crippen MR) is 82.0 cm³/mol. The van der Waals surface area contributed by atoms with Gasteiger partial charge in [0, 0.05) is 42.0 Å². The first-order valence-corrected chi connectivity index (χ1v) is 6.75. The zero-order valence-corrected chi connectivity index (χ0v) is 12.1. The number of hydrogen-bond donors (Lipinski definition) is 1.